The predicted octanol–water partition coefficient (Wildman–Crippen LogP) is 3.68. The van der Waals surface area contributed by atoms with Crippen molar-refractivity contribution in [3.8, 4) is 5.69 Å². The van der Waals surface area contributed by atoms with Crippen LogP contribution >= 0.6 is 11.6 Å². The van der Waals surface area contributed by atoms with Crippen molar-refractivity contribution in [2.24, 2.45) is 0 Å². The van der Waals surface area contributed by atoms with Crippen LogP contribution in [0.1, 0.15) is 29.1 Å². The Morgan fingerprint density at radius 3 is 2.56 bits per heavy atom. The van der Waals surface area contributed by atoms with Crippen LogP contribution in [0, 0.1) is 0 Å². The Kier molecular flexibility index (Phi) is 5.79. The Hall–Kier alpha value is -4.12. The predicted molar refractivity (Wildman–Crippen MR) is 132 cm³/mol. The Morgan fingerprint density at radius 2 is 1.86 bits per heavy atom. The lowest BCUT2D eigenvalue weighted by Gasteiger charge is -2.38. The van der Waals surface area contributed by atoms with Crippen LogP contribution in [-0.2, 0) is 0 Å². The molecular weight excluding hydrogens is 492 g/mol. The number of fused-ring (bicyclic) bond motifs is 1. The van der Waals surface area contributed by atoms with Gasteiger partial charge in [-0.1, -0.05) is 35.9 Å². The molecule has 2 aromatic carbocycles. The van der Waals surface area contributed by atoms with E-state index in [2.05, 4.69) is 15.3 Å². The number of hydrogen-bond acceptors (Lipinski definition) is 7. The number of nitrogens with one attached hydrogen (secondary N) is 1. The van der Waals surface area contributed by atoms with Gasteiger partial charge in [0.05, 0.1) is 40.7 Å². The maximum Gasteiger partial charge on any atom is 0.282 e. The van der Waals surface area contributed by atoms with E-state index in [1.807, 2.05) is 6.07 Å². The topological polar surface area (TPSA) is 119 Å². The largest absolute Gasteiger partial charge is 0.368 e. The van der Waals surface area contributed by atoms with Gasteiger partial charge in [0.25, 0.3) is 17.4 Å². The minimum atomic E-state index is -2.92. The van der Waals surface area contributed by atoms with Crippen LogP contribution in [0.15, 0.2) is 59.5 Å². The van der Waals surface area contributed by atoms with Crippen LogP contribution in [0.4, 0.5) is 20.5 Å². The number of likely N-dealkylation sites (tertiary alicyclic amines) is 1. The molecule has 2 aromatic heterocycles. The van der Waals surface area contributed by atoms with Gasteiger partial charge in [-0.25, -0.2) is 18.7 Å². The Bertz CT molecular complexity index is 1540. The zero-order chi connectivity index (χ0) is 25.6. The Balaban J connectivity index is 1.59. The quantitative estimate of drug-likeness (QED) is 0.419. The molecule has 4 aromatic rings. The summed E-state index contributed by atoms with van der Waals surface area (Å²) in [6, 6.07) is 13.2. The first-order valence-electron chi connectivity index (χ1n) is 11.0. The van der Waals surface area contributed by atoms with Gasteiger partial charge in [0.1, 0.15) is 17.2 Å². The monoisotopic (exact) mass is 511 g/mol. The number of nitrogen functional groups attached to an aromatic ring is 1. The van der Waals surface area contributed by atoms with Crippen LogP contribution in [0.5, 0.6) is 0 Å². The van der Waals surface area contributed by atoms with Gasteiger partial charge >= 0.3 is 0 Å². The first-order valence-corrected chi connectivity index (χ1v) is 11.4. The number of nitrogens with two attached hydrogens (primary N) is 1. The molecule has 1 amide bonds. The third-order valence-electron chi connectivity index (χ3n) is 5.80. The van der Waals surface area contributed by atoms with Gasteiger partial charge in [0, 0.05) is 6.20 Å². The average molecular weight is 512 g/mol. The fourth-order valence-corrected chi connectivity index (χ4v) is 4.33. The van der Waals surface area contributed by atoms with Gasteiger partial charge in [-0.05, 0) is 31.2 Å². The Morgan fingerprint density at radius 1 is 1.14 bits per heavy atom. The van der Waals surface area contributed by atoms with Crippen LogP contribution in [0.3, 0.4) is 0 Å². The number of amides is 1. The van der Waals surface area contributed by atoms with Gasteiger partial charge in [-0.3, -0.25) is 14.2 Å². The molecule has 0 aliphatic carbocycles. The normalized spacial score (nSPS) is 15.4. The van der Waals surface area contributed by atoms with Crippen molar-refractivity contribution in [2.45, 2.75) is 18.9 Å². The minimum absolute atomic E-state index is 0.0241. The molecule has 12 heteroatoms. The smallest absolute Gasteiger partial charge is 0.282 e. The highest BCUT2D eigenvalue weighted by Crippen LogP contribution is 2.30. The van der Waals surface area contributed by atoms with Crippen molar-refractivity contribution in [3.63, 3.8) is 0 Å². The number of alkyl halides is 2. The number of halogens is 3. The maximum atomic E-state index is 13.6. The van der Waals surface area contributed by atoms with E-state index in [9.17, 15) is 18.4 Å². The summed E-state index contributed by atoms with van der Waals surface area (Å²) < 4.78 is 28.1. The van der Waals surface area contributed by atoms with Crippen molar-refractivity contribution < 1.29 is 13.6 Å². The third-order valence-corrected chi connectivity index (χ3v) is 6.11. The number of carbonyl (C=O) groups excluding carboxylic acids is 1. The van der Waals surface area contributed by atoms with E-state index in [1.54, 1.807) is 49.4 Å². The molecule has 36 heavy (non-hydrogen) atoms. The molecule has 0 spiro atoms. The lowest BCUT2D eigenvalue weighted by Crippen LogP contribution is -2.58. The molecule has 1 aliphatic heterocycles. The van der Waals surface area contributed by atoms with E-state index in [0.717, 1.165) is 4.90 Å². The lowest BCUT2D eigenvalue weighted by atomic mass is 10.1. The van der Waals surface area contributed by atoms with Gasteiger partial charge in [0.2, 0.25) is 5.95 Å². The molecule has 0 unspecified atom stereocenters. The van der Waals surface area contributed by atoms with Crippen LogP contribution in [0.25, 0.3) is 16.6 Å². The molecule has 3 N–H and O–H groups in total. The summed E-state index contributed by atoms with van der Waals surface area (Å²) in [4.78, 5) is 40.1. The van der Waals surface area contributed by atoms with Crippen LogP contribution < -0.4 is 16.6 Å². The van der Waals surface area contributed by atoms with Crippen molar-refractivity contribution >= 4 is 40.2 Å². The summed E-state index contributed by atoms with van der Waals surface area (Å²) in [5, 5.41) is 3.60. The van der Waals surface area contributed by atoms with Gasteiger partial charge in [-0.15, -0.1) is 0 Å². The fraction of sp³-hybridized carbons (Fsp3) is 0.208. The first kappa shape index (κ1) is 23.6. The molecule has 9 nitrogen and oxygen atoms in total. The second kappa shape index (κ2) is 8.83. The van der Waals surface area contributed by atoms with E-state index in [4.69, 9.17) is 22.3 Å². The first-order chi connectivity index (χ1) is 17.1. The molecule has 184 valence electrons. The van der Waals surface area contributed by atoms with Crippen molar-refractivity contribution in [1.29, 1.82) is 0 Å². The Labute approximate surface area is 208 Å². The second-order valence-corrected chi connectivity index (χ2v) is 8.86. The fourth-order valence-electron chi connectivity index (χ4n) is 4.08. The maximum absolute atomic E-state index is 13.6. The molecule has 0 radical (unpaired) electrons. The summed E-state index contributed by atoms with van der Waals surface area (Å²) in [6.07, 6.45) is 1.19. The van der Waals surface area contributed by atoms with E-state index >= 15 is 0 Å². The van der Waals surface area contributed by atoms with E-state index < -0.39 is 31.0 Å². The van der Waals surface area contributed by atoms with Crippen LogP contribution in [-0.4, -0.2) is 49.3 Å². The number of benzene rings is 2. The van der Waals surface area contributed by atoms with Crippen molar-refractivity contribution in [1.82, 2.24) is 24.4 Å². The SMILES string of the molecule is C[C@H](Nc1nc(N)ncc1C(=O)N1CC(F)(F)C1)c1nc2cccc(Cl)c2c(=O)n1-c1ccccc1. The van der Waals surface area contributed by atoms with Gasteiger partial charge < -0.3 is 16.0 Å². The number of anilines is 2. The average Bonchev–Trinajstić information content (AvgIpc) is 2.82. The summed E-state index contributed by atoms with van der Waals surface area (Å²) in [6.45, 7) is 0.347. The van der Waals surface area contributed by atoms with E-state index in [-0.39, 0.29) is 33.3 Å². The molecule has 0 bridgehead atoms. The van der Waals surface area contributed by atoms with Crippen LogP contribution in [0.2, 0.25) is 5.02 Å². The zero-order valence-electron chi connectivity index (χ0n) is 19.0. The molecule has 3 heterocycles. The minimum Gasteiger partial charge on any atom is -0.368 e. The van der Waals surface area contributed by atoms with Crippen molar-refractivity contribution in [3.05, 3.63) is 81.5 Å². The van der Waals surface area contributed by atoms with E-state index in [0.29, 0.717) is 17.0 Å². The number of aromatic nitrogens is 4. The summed E-state index contributed by atoms with van der Waals surface area (Å²) in [5.74, 6) is -3.35. The zero-order valence-corrected chi connectivity index (χ0v) is 19.7. The molecule has 0 saturated carbocycles. The molecule has 5 rings (SSSR count). The summed E-state index contributed by atoms with van der Waals surface area (Å²) in [5.41, 5.74) is 6.30. The number of hydrogen-bond donors (Lipinski definition) is 2. The highest BCUT2D eigenvalue weighted by molar-refractivity contribution is 6.35. The van der Waals surface area contributed by atoms with Gasteiger partial charge in [0.15, 0.2) is 0 Å². The number of para-hydroxylation sites is 1. The summed E-state index contributed by atoms with van der Waals surface area (Å²) in [7, 11) is 0. The molecule has 1 fully saturated rings. The number of rotatable bonds is 5. The number of carbonyl (C=O) groups is 1. The highest BCUT2D eigenvalue weighted by Gasteiger charge is 2.47. The lowest BCUT2D eigenvalue weighted by molar-refractivity contribution is -0.113. The van der Waals surface area contributed by atoms with Crippen molar-refractivity contribution in [2.75, 3.05) is 24.1 Å². The molecular formula is C24H20ClF2N7O2. The molecule has 1 atom stereocenters. The standard InChI is InChI=1S/C24H20ClF2N7O2/c1-13(30-19-15(10-29-23(28)32-19)21(35)33-11-24(26,27)12-33)20-31-17-9-5-8-16(25)18(17)22(36)34(20)14-6-3-2-4-7-14/h2-10,13H,11-12H2,1H3,(H3,28,29,30,32)/t13-/m0/s1. The summed E-state index contributed by atoms with van der Waals surface area (Å²) >= 11 is 6.33. The number of nitrogens with zero attached hydrogens (tertiary/aromatic N) is 5. The van der Waals surface area contributed by atoms with E-state index in [1.165, 1.54) is 10.8 Å². The highest BCUT2D eigenvalue weighted by atomic mass is 35.5. The second-order valence-electron chi connectivity index (χ2n) is 8.45. The third kappa shape index (κ3) is 4.22. The molecule has 1 saturated heterocycles. The van der Waals surface area contributed by atoms with Gasteiger partial charge in [-0.2, -0.15) is 4.98 Å². The molecule has 1 aliphatic rings.